The second-order valence-electron chi connectivity index (χ2n) is 11.3. The van der Waals surface area contributed by atoms with Crippen molar-refractivity contribution in [1.82, 2.24) is 9.88 Å². The predicted molar refractivity (Wildman–Crippen MR) is 155 cm³/mol. The number of carbonyl (C=O) groups excluding carboxylic acids is 3. The quantitative estimate of drug-likeness (QED) is 0.351. The fraction of sp³-hybridized carbons (Fsp3) is 0.182. The summed E-state index contributed by atoms with van der Waals surface area (Å²) in [5.41, 5.74) is 0.254. The average molecular weight is 596 g/mol. The molecular formula is C33H24F3N5O3. The third kappa shape index (κ3) is 4.26. The normalized spacial score (nSPS) is 21.7. The van der Waals surface area contributed by atoms with Gasteiger partial charge in [0.15, 0.2) is 5.66 Å². The standard InChI is InChI=1S/C33H24F3N5O3/c1-32(20-12-21(34)14-22(35)13-20)40-28(24-5-2-3-7-26(24)36)30(43)41(32)17-27(42)38-23-9-8-18-15-33(16-19(18)11-23)25-6-4-10-37-29(25)39-31(33)44/h2-14H,15-17H2,1H3,(H,38,42)(H,37,39,44)/t32-,33+/m0/s1. The van der Waals surface area contributed by atoms with E-state index in [1.165, 1.54) is 31.2 Å². The summed E-state index contributed by atoms with van der Waals surface area (Å²) in [4.78, 5) is 49.9. The van der Waals surface area contributed by atoms with Crippen molar-refractivity contribution in [3.63, 3.8) is 0 Å². The second-order valence-corrected chi connectivity index (χ2v) is 11.3. The van der Waals surface area contributed by atoms with Crippen LogP contribution in [0.1, 0.15) is 34.7 Å². The topological polar surface area (TPSA) is 104 Å². The van der Waals surface area contributed by atoms with Gasteiger partial charge in [-0.05, 0) is 73.4 Å². The van der Waals surface area contributed by atoms with Crippen LogP contribution in [0.2, 0.25) is 0 Å². The van der Waals surface area contributed by atoms with Crippen LogP contribution in [-0.4, -0.2) is 39.9 Å². The molecule has 7 rings (SSSR count). The van der Waals surface area contributed by atoms with E-state index in [4.69, 9.17) is 0 Å². The van der Waals surface area contributed by atoms with Gasteiger partial charge in [-0.3, -0.25) is 19.3 Å². The Morgan fingerprint density at radius 1 is 0.955 bits per heavy atom. The van der Waals surface area contributed by atoms with E-state index in [1.807, 2.05) is 12.1 Å². The maximum atomic E-state index is 14.7. The maximum absolute atomic E-state index is 14.7. The number of nitrogens with zero attached hydrogens (tertiary/aromatic N) is 3. The van der Waals surface area contributed by atoms with Crippen LogP contribution >= 0.6 is 0 Å². The molecule has 0 saturated heterocycles. The van der Waals surface area contributed by atoms with Gasteiger partial charge in [0.2, 0.25) is 11.8 Å². The number of aliphatic imine (C=N–C) groups is 1. The van der Waals surface area contributed by atoms with Crippen LogP contribution in [0.3, 0.4) is 0 Å². The van der Waals surface area contributed by atoms with Crippen molar-refractivity contribution in [2.24, 2.45) is 4.99 Å². The van der Waals surface area contributed by atoms with Crippen molar-refractivity contribution in [3.8, 4) is 0 Å². The van der Waals surface area contributed by atoms with Crippen molar-refractivity contribution >= 4 is 34.9 Å². The van der Waals surface area contributed by atoms with Gasteiger partial charge < -0.3 is 10.6 Å². The molecule has 2 N–H and O–H groups in total. The molecule has 0 bridgehead atoms. The number of pyridine rings is 1. The number of amides is 3. The first-order valence-electron chi connectivity index (χ1n) is 13.9. The minimum absolute atomic E-state index is 0.0186. The Hall–Kier alpha value is -5.32. The predicted octanol–water partition coefficient (Wildman–Crippen LogP) is 4.63. The summed E-state index contributed by atoms with van der Waals surface area (Å²) >= 11 is 0. The van der Waals surface area contributed by atoms with Gasteiger partial charge in [0.05, 0.1) is 5.41 Å². The van der Waals surface area contributed by atoms with Gasteiger partial charge in [-0.1, -0.05) is 24.3 Å². The van der Waals surface area contributed by atoms with Crippen molar-refractivity contribution in [1.29, 1.82) is 0 Å². The van der Waals surface area contributed by atoms with Crippen LogP contribution < -0.4 is 10.6 Å². The summed E-state index contributed by atoms with van der Waals surface area (Å²) in [6.45, 7) is 0.895. The molecule has 3 amide bonds. The first kappa shape index (κ1) is 27.5. The molecule has 3 aromatic carbocycles. The molecule has 1 aliphatic carbocycles. The van der Waals surface area contributed by atoms with Gasteiger partial charge in [-0.2, -0.15) is 0 Å². The molecule has 0 fully saturated rings. The van der Waals surface area contributed by atoms with Crippen LogP contribution in [0.4, 0.5) is 24.7 Å². The number of hydrogen-bond acceptors (Lipinski definition) is 5. The number of hydrogen-bond donors (Lipinski definition) is 2. The lowest BCUT2D eigenvalue weighted by Gasteiger charge is -2.33. The third-order valence-corrected chi connectivity index (χ3v) is 8.61. The van der Waals surface area contributed by atoms with Gasteiger partial charge in [0, 0.05) is 34.6 Å². The highest BCUT2D eigenvalue weighted by atomic mass is 19.1. The maximum Gasteiger partial charge on any atom is 0.275 e. The second kappa shape index (κ2) is 9.87. The number of aromatic nitrogens is 1. The Bertz CT molecular complexity index is 1930. The molecule has 4 aromatic rings. The van der Waals surface area contributed by atoms with Gasteiger partial charge in [-0.15, -0.1) is 0 Å². The van der Waals surface area contributed by atoms with Gasteiger partial charge in [-0.25, -0.2) is 23.1 Å². The molecule has 1 spiro atoms. The molecule has 3 heterocycles. The lowest BCUT2D eigenvalue weighted by Crippen LogP contribution is -2.47. The largest absolute Gasteiger partial charge is 0.325 e. The van der Waals surface area contributed by atoms with Crippen LogP contribution in [0.25, 0.3) is 0 Å². The Labute approximate surface area is 249 Å². The molecule has 0 unspecified atom stereocenters. The van der Waals surface area contributed by atoms with E-state index in [1.54, 1.807) is 24.4 Å². The molecule has 0 saturated carbocycles. The summed E-state index contributed by atoms with van der Waals surface area (Å²) in [6.07, 6.45) is 2.53. The Balaban J connectivity index is 1.16. The summed E-state index contributed by atoms with van der Waals surface area (Å²) < 4.78 is 43.3. The van der Waals surface area contributed by atoms with E-state index in [0.717, 1.165) is 33.7 Å². The Morgan fingerprint density at radius 2 is 1.70 bits per heavy atom. The van der Waals surface area contributed by atoms with Gasteiger partial charge >= 0.3 is 0 Å². The van der Waals surface area contributed by atoms with Crippen molar-refractivity contribution in [3.05, 3.63) is 124 Å². The molecule has 1 aromatic heterocycles. The van der Waals surface area contributed by atoms with Crippen molar-refractivity contribution < 1.29 is 27.6 Å². The highest BCUT2D eigenvalue weighted by Gasteiger charge is 2.51. The van der Waals surface area contributed by atoms with Crippen LogP contribution in [0.5, 0.6) is 0 Å². The minimum Gasteiger partial charge on any atom is -0.325 e. The molecule has 8 nitrogen and oxygen atoms in total. The number of rotatable bonds is 5. The first-order chi connectivity index (χ1) is 21.1. The lowest BCUT2D eigenvalue weighted by atomic mass is 9.79. The first-order valence-corrected chi connectivity index (χ1v) is 13.9. The number of anilines is 2. The average Bonchev–Trinajstić information content (AvgIpc) is 3.59. The van der Waals surface area contributed by atoms with E-state index in [-0.39, 0.29) is 22.7 Å². The molecule has 2 atom stereocenters. The lowest BCUT2D eigenvalue weighted by molar-refractivity contribution is -0.132. The number of fused-ring (bicyclic) bond motifs is 3. The number of benzene rings is 3. The summed E-state index contributed by atoms with van der Waals surface area (Å²) in [7, 11) is 0. The zero-order valence-corrected chi connectivity index (χ0v) is 23.3. The van der Waals surface area contributed by atoms with E-state index in [0.29, 0.717) is 30.4 Å². The highest BCUT2D eigenvalue weighted by molar-refractivity contribution is 6.47. The molecule has 220 valence electrons. The van der Waals surface area contributed by atoms with Crippen LogP contribution in [0.15, 0.2) is 84.0 Å². The van der Waals surface area contributed by atoms with Gasteiger partial charge in [0.25, 0.3) is 5.91 Å². The van der Waals surface area contributed by atoms with E-state index < -0.39 is 46.9 Å². The van der Waals surface area contributed by atoms with Crippen LogP contribution in [-0.2, 0) is 38.3 Å². The Morgan fingerprint density at radius 3 is 2.48 bits per heavy atom. The molecule has 2 aliphatic heterocycles. The molecule has 3 aliphatic rings. The zero-order chi connectivity index (χ0) is 30.8. The fourth-order valence-corrected chi connectivity index (χ4v) is 6.44. The minimum atomic E-state index is -1.71. The number of nitrogens with one attached hydrogen (secondary N) is 2. The summed E-state index contributed by atoms with van der Waals surface area (Å²) in [5, 5.41) is 5.65. The molecule has 44 heavy (non-hydrogen) atoms. The monoisotopic (exact) mass is 595 g/mol. The Kier molecular flexibility index (Phi) is 6.17. The number of halogens is 3. The molecular weight excluding hydrogens is 571 g/mol. The smallest absolute Gasteiger partial charge is 0.275 e. The third-order valence-electron chi connectivity index (χ3n) is 8.61. The van der Waals surface area contributed by atoms with E-state index in [9.17, 15) is 27.6 Å². The van der Waals surface area contributed by atoms with Gasteiger partial charge in [0.1, 0.15) is 35.5 Å². The molecule has 0 radical (unpaired) electrons. The van der Waals surface area contributed by atoms with E-state index in [2.05, 4.69) is 20.6 Å². The zero-order valence-electron chi connectivity index (χ0n) is 23.3. The SMILES string of the molecule is C[C@]1(c2cc(F)cc(F)c2)N=C(c2ccccc2F)C(=O)N1CC(=O)Nc1ccc2c(c1)C[C@@]1(C2)C(=O)Nc2ncccc21. The van der Waals surface area contributed by atoms with Crippen molar-refractivity contribution in [2.45, 2.75) is 30.8 Å². The van der Waals surface area contributed by atoms with Crippen molar-refractivity contribution in [2.75, 3.05) is 17.2 Å². The molecule has 11 heteroatoms. The summed E-state index contributed by atoms with van der Waals surface area (Å²) in [5.74, 6) is -3.44. The fourth-order valence-electron chi connectivity index (χ4n) is 6.44. The highest BCUT2D eigenvalue weighted by Crippen LogP contribution is 2.47. The van der Waals surface area contributed by atoms with Crippen LogP contribution in [0, 0.1) is 17.5 Å². The number of carbonyl (C=O) groups is 3. The summed E-state index contributed by atoms with van der Waals surface area (Å²) in [6, 6.07) is 17.3. The van der Waals surface area contributed by atoms with E-state index >= 15 is 0 Å².